The van der Waals surface area contributed by atoms with Gasteiger partial charge in [-0.25, -0.2) is 9.97 Å². The topological polar surface area (TPSA) is 49.3 Å². The van der Waals surface area contributed by atoms with Gasteiger partial charge in [-0.1, -0.05) is 37.0 Å². The number of nitrogens with zero attached hydrogens (tertiary/aromatic N) is 4. The van der Waals surface area contributed by atoms with Crippen LogP contribution >= 0.6 is 23.2 Å². The monoisotopic (exact) mass is 380 g/mol. The minimum atomic E-state index is 0.000176. The number of aromatic nitrogens is 2. The lowest BCUT2D eigenvalue weighted by molar-refractivity contribution is -0.136. The molecule has 0 spiro atoms. The van der Waals surface area contributed by atoms with Crippen LogP contribution in [0.3, 0.4) is 0 Å². The Morgan fingerprint density at radius 2 is 2.08 bits per heavy atom. The van der Waals surface area contributed by atoms with Gasteiger partial charge in [0.05, 0.1) is 17.1 Å². The van der Waals surface area contributed by atoms with E-state index in [1.54, 1.807) is 12.1 Å². The molecule has 2 aromatic rings. The van der Waals surface area contributed by atoms with E-state index in [4.69, 9.17) is 23.2 Å². The van der Waals surface area contributed by atoms with Gasteiger partial charge in [0.2, 0.25) is 5.91 Å². The Kier molecular flexibility index (Phi) is 5.35. The van der Waals surface area contributed by atoms with Crippen molar-refractivity contribution < 1.29 is 4.79 Å². The lowest BCUT2D eigenvalue weighted by Gasteiger charge is -2.29. The van der Waals surface area contributed by atoms with E-state index in [1.165, 1.54) is 0 Å². The Balaban J connectivity index is 1.85. The Morgan fingerprint density at radius 1 is 1.32 bits per heavy atom. The molecular formula is C18H22Cl2N4O. The van der Waals surface area contributed by atoms with E-state index in [0.29, 0.717) is 29.1 Å². The molecular weight excluding hydrogens is 359 g/mol. The largest absolute Gasteiger partial charge is 0.352 e. The fourth-order valence-corrected chi connectivity index (χ4v) is 3.73. The first-order chi connectivity index (χ1) is 11.9. The van der Waals surface area contributed by atoms with E-state index < -0.39 is 0 Å². The molecule has 2 heterocycles. The highest BCUT2D eigenvalue weighted by Crippen LogP contribution is 2.30. The highest BCUT2D eigenvalue weighted by molar-refractivity contribution is 6.32. The maximum atomic E-state index is 12.4. The van der Waals surface area contributed by atoms with E-state index in [0.717, 1.165) is 24.0 Å². The standard InChI is InChI=1S/C18H22Cl2N4O/c1-4-24(18(25)11(2)3)13-7-8-23(10-13)17-16(20)21-14-6-5-12(19)9-15(14)22-17/h5-6,9,11,13H,4,7-8,10H2,1-3H3. The van der Waals surface area contributed by atoms with Gasteiger partial charge in [-0.05, 0) is 31.5 Å². The third-order valence-electron chi connectivity index (χ3n) is 4.59. The number of halogens is 2. The van der Waals surface area contributed by atoms with Crippen molar-refractivity contribution in [3.05, 3.63) is 28.4 Å². The second-order valence-corrected chi connectivity index (χ2v) is 7.43. The molecule has 1 aliphatic heterocycles. The highest BCUT2D eigenvalue weighted by atomic mass is 35.5. The lowest BCUT2D eigenvalue weighted by Crippen LogP contribution is -2.43. The molecule has 1 aromatic carbocycles. The molecule has 25 heavy (non-hydrogen) atoms. The highest BCUT2D eigenvalue weighted by Gasteiger charge is 2.32. The number of carbonyl (C=O) groups excluding carboxylic acids is 1. The predicted molar refractivity (Wildman–Crippen MR) is 102 cm³/mol. The summed E-state index contributed by atoms with van der Waals surface area (Å²) >= 11 is 12.4. The van der Waals surface area contributed by atoms with Crippen LogP contribution in [0.15, 0.2) is 18.2 Å². The number of fused-ring (bicyclic) bond motifs is 1. The molecule has 0 bridgehead atoms. The van der Waals surface area contributed by atoms with Crippen molar-refractivity contribution in [2.24, 2.45) is 5.92 Å². The number of amides is 1. The predicted octanol–water partition coefficient (Wildman–Crippen LogP) is 4.02. The van der Waals surface area contributed by atoms with E-state index in [2.05, 4.69) is 14.9 Å². The number of hydrogen-bond donors (Lipinski definition) is 0. The van der Waals surface area contributed by atoms with Crippen LogP contribution in [-0.4, -0.2) is 46.5 Å². The van der Waals surface area contributed by atoms with Crippen molar-refractivity contribution in [2.75, 3.05) is 24.5 Å². The normalized spacial score (nSPS) is 17.5. The van der Waals surface area contributed by atoms with Crippen molar-refractivity contribution in [2.45, 2.75) is 33.2 Å². The van der Waals surface area contributed by atoms with Crippen molar-refractivity contribution in [1.29, 1.82) is 0 Å². The number of anilines is 1. The summed E-state index contributed by atoms with van der Waals surface area (Å²) in [5.41, 5.74) is 1.44. The Labute approximate surface area is 157 Å². The SMILES string of the molecule is CCN(C(=O)C(C)C)C1CCN(c2nc3cc(Cl)ccc3nc2Cl)C1. The molecule has 1 unspecified atom stereocenters. The first-order valence-corrected chi connectivity index (χ1v) is 9.34. The summed E-state index contributed by atoms with van der Waals surface area (Å²) in [4.78, 5) is 25.6. The van der Waals surface area contributed by atoms with Crippen LogP contribution in [0.4, 0.5) is 5.82 Å². The molecule has 1 aromatic heterocycles. The van der Waals surface area contributed by atoms with Gasteiger partial charge in [0.1, 0.15) is 0 Å². The third-order valence-corrected chi connectivity index (χ3v) is 5.08. The van der Waals surface area contributed by atoms with Crippen molar-refractivity contribution in [1.82, 2.24) is 14.9 Å². The molecule has 1 fully saturated rings. The number of likely N-dealkylation sites (N-methyl/N-ethyl adjacent to an activating group) is 1. The zero-order chi connectivity index (χ0) is 18.1. The average molecular weight is 381 g/mol. The quantitative estimate of drug-likeness (QED) is 0.803. The molecule has 1 saturated heterocycles. The summed E-state index contributed by atoms with van der Waals surface area (Å²) in [5.74, 6) is 0.851. The number of rotatable bonds is 4. The summed E-state index contributed by atoms with van der Waals surface area (Å²) in [5, 5.41) is 1.00. The molecule has 1 amide bonds. The van der Waals surface area contributed by atoms with E-state index in [-0.39, 0.29) is 17.9 Å². The van der Waals surface area contributed by atoms with Crippen molar-refractivity contribution in [3.63, 3.8) is 0 Å². The van der Waals surface area contributed by atoms with Crippen molar-refractivity contribution >= 4 is 46.0 Å². The molecule has 3 rings (SSSR count). The zero-order valence-electron chi connectivity index (χ0n) is 14.7. The van der Waals surface area contributed by atoms with Crippen LogP contribution < -0.4 is 4.90 Å². The molecule has 5 nitrogen and oxygen atoms in total. The molecule has 0 saturated carbocycles. The maximum absolute atomic E-state index is 12.4. The number of hydrogen-bond acceptors (Lipinski definition) is 4. The van der Waals surface area contributed by atoms with Gasteiger partial charge in [-0.2, -0.15) is 0 Å². The van der Waals surface area contributed by atoms with E-state index in [9.17, 15) is 4.79 Å². The molecule has 7 heteroatoms. The average Bonchev–Trinajstić information content (AvgIpc) is 3.04. The van der Waals surface area contributed by atoms with Gasteiger partial charge >= 0.3 is 0 Å². The summed E-state index contributed by atoms with van der Waals surface area (Å²) in [6.45, 7) is 8.12. The lowest BCUT2D eigenvalue weighted by atomic mass is 10.1. The summed E-state index contributed by atoms with van der Waals surface area (Å²) in [6.07, 6.45) is 0.901. The van der Waals surface area contributed by atoms with Gasteiger partial charge in [-0.15, -0.1) is 0 Å². The van der Waals surface area contributed by atoms with Gasteiger partial charge in [-0.3, -0.25) is 4.79 Å². The minimum absolute atomic E-state index is 0.000176. The molecule has 0 aliphatic carbocycles. The molecule has 0 radical (unpaired) electrons. The molecule has 134 valence electrons. The Bertz CT molecular complexity index is 796. The molecule has 1 atom stereocenters. The van der Waals surface area contributed by atoms with Gasteiger partial charge in [0, 0.05) is 30.6 Å². The fraction of sp³-hybridized carbons (Fsp3) is 0.500. The van der Waals surface area contributed by atoms with Crippen LogP contribution in [0, 0.1) is 5.92 Å². The van der Waals surface area contributed by atoms with Gasteiger partial charge in [0.25, 0.3) is 0 Å². The summed E-state index contributed by atoms with van der Waals surface area (Å²) in [6, 6.07) is 5.55. The van der Waals surface area contributed by atoms with Crippen LogP contribution in [0.1, 0.15) is 27.2 Å². The van der Waals surface area contributed by atoms with E-state index >= 15 is 0 Å². The van der Waals surface area contributed by atoms with Crippen LogP contribution in [0.25, 0.3) is 11.0 Å². The number of benzene rings is 1. The van der Waals surface area contributed by atoms with Crippen LogP contribution in [-0.2, 0) is 4.79 Å². The fourth-order valence-electron chi connectivity index (χ4n) is 3.31. The first-order valence-electron chi connectivity index (χ1n) is 8.59. The third kappa shape index (κ3) is 3.67. The summed E-state index contributed by atoms with van der Waals surface area (Å²) < 4.78 is 0. The second kappa shape index (κ2) is 7.34. The number of carbonyl (C=O) groups is 1. The van der Waals surface area contributed by atoms with Crippen LogP contribution in [0.2, 0.25) is 10.2 Å². The van der Waals surface area contributed by atoms with Crippen molar-refractivity contribution in [3.8, 4) is 0 Å². The van der Waals surface area contributed by atoms with Gasteiger partial charge in [0.15, 0.2) is 11.0 Å². The molecule has 0 N–H and O–H groups in total. The first kappa shape index (κ1) is 18.2. The Morgan fingerprint density at radius 3 is 2.76 bits per heavy atom. The van der Waals surface area contributed by atoms with Gasteiger partial charge < -0.3 is 9.80 Å². The van der Waals surface area contributed by atoms with E-state index in [1.807, 2.05) is 31.7 Å². The van der Waals surface area contributed by atoms with Crippen LogP contribution in [0.5, 0.6) is 0 Å². The summed E-state index contributed by atoms with van der Waals surface area (Å²) in [7, 11) is 0. The second-order valence-electron chi connectivity index (χ2n) is 6.64. The Hall–Kier alpha value is -1.59. The smallest absolute Gasteiger partial charge is 0.225 e. The maximum Gasteiger partial charge on any atom is 0.225 e. The molecule has 1 aliphatic rings. The minimum Gasteiger partial charge on any atom is -0.352 e. The zero-order valence-corrected chi connectivity index (χ0v) is 16.2.